The van der Waals surface area contributed by atoms with Crippen molar-refractivity contribution in [2.45, 2.75) is 13.8 Å². The highest BCUT2D eigenvalue weighted by Crippen LogP contribution is 2.19. The first-order valence-electron chi connectivity index (χ1n) is 4.52. The quantitative estimate of drug-likeness (QED) is 0.565. The van der Waals surface area contributed by atoms with Crippen molar-refractivity contribution in [1.29, 1.82) is 0 Å². The van der Waals surface area contributed by atoms with Crippen LogP contribution < -0.4 is 4.74 Å². The predicted molar refractivity (Wildman–Crippen MR) is 58.4 cm³/mol. The lowest BCUT2D eigenvalue weighted by molar-refractivity contribution is -0.422. The number of hydrogen-bond donors (Lipinski definition) is 0. The second-order valence-electron chi connectivity index (χ2n) is 3.27. The molecule has 0 heterocycles. The van der Waals surface area contributed by atoms with Gasteiger partial charge in [0.2, 0.25) is 5.70 Å². The molecule has 0 radical (unpaired) electrons. The van der Waals surface area contributed by atoms with Gasteiger partial charge in [0.05, 0.1) is 12.0 Å². The fourth-order valence-electron chi connectivity index (χ4n) is 1.29. The number of hydrogen-bond acceptors (Lipinski definition) is 3. The maximum Gasteiger partial charge on any atom is 0.243 e. The number of rotatable bonds is 3. The van der Waals surface area contributed by atoms with Crippen LogP contribution in [0.1, 0.15) is 18.1 Å². The molecule has 4 nitrogen and oxygen atoms in total. The van der Waals surface area contributed by atoms with Gasteiger partial charge in [0, 0.05) is 13.0 Å². The van der Waals surface area contributed by atoms with Crippen LogP contribution in [0.15, 0.2) is 23.9 Å². The van der Waals surface area contributed by atoms with Crippen molar-refractivity contribution < 1.29 is 9.66 Å². The summed E-state index contributed by atoms with van der Waals surface area (Å²) in [6.45, 7) is 3.37. The first-order valence-corrected chi connectivity index (χ1v) is 4.52. The maximum absolute atomic E-state index is 10.4. The molecule has 15 heavy (non-hydrogen) atoms. The summed E-state index contributed by atoms with van der Waals surface area (Å²) in [6.07, 6.45) is 1.53. The highest BCUT2D eigenvalue weighted by atomic mass is 16.6. The zero-order chi connectivity index (χ0) is 11.4. The van der Waals surface area contributed by atoms with E-state index in [1.54, 1.807) is 19.2 Å². The van der Waals surface area contributed by atoms with Gasteiger partial charge in [-0.1, -0.05) is 6.07 Å². The molecule has 0 aromatic heterocycles. The van der Waals surface area contributed by atoms with E-state index < -0.39 is 4.92 Å². The molecule has 1 aromatic rings. The summed E-state index contributed by atoms with van der Waals surface area (Å²) in [5, 5.41) is 10.4. The molecule has 1 aromatic carbocycles. The molecule has 0 aliphatic heterocycles. The predicted octanol–water partition coefficient (Wildman–Crippen LogP) is 2.64. The summed E-state index contributed by atoms with van der Waals surface area (Å²) in [7, 11) is 1.60. The number of ether oxygens (including phenoxy) is 1. The summed E-state index contributed by atoms with van der Waals surface area (Å²) < 4.78 is 5.10. The van der Waals surface area contributed by atoms with Gasteiger partial charge in [-0.15, -0.1) is 0 Å². The van der Waals surface area contributed by atoms with E-state index in [-0.39, 0.29) is 5.70 Å². The Morgan fingerprint density at radius 1 is 1.53 bits per heavy atom. The summed E-state index contributed by atoms with van der Waals surface area (Å²) >= 11 is 0. The molecule has 0 atom stereocenters. The smallest absolute Gasteiger partial charge is 0.243 e. The molecule has 0 aliphatic carbocycles. The normalized spacial score (nSPS) is 11.3. The fraction of sp³-hybridized carbons (Fsp3) is 0.273. The second-order valence-corrected chi connectivity index (χ2v) is 3.27. The van der Waals surface area contributed by atoms with Crippen LogP contribution in [0.2, 0.25) is 0 Å². The molecule has 1 rings (SSSR count). The second kappa shape index (κ2) is 4.59. The van der Waals surface area contributed by atoms with Crippen molar-refractivity contribution in [2.24, 2.45) is 0 Å². The average Bonchev–Trinajstić information content (AvgIpc) is 2.18. The summed E-state index contributed by atoms with van der Waals surface area (Å²) in [4.78, 5) is 10.0. The standard InChI is InChI=1S/C11H13NO3/c1-8-6-10(4-5-11(8)15-3)7-9(2)12(13)14/h4-7H,1-3H3/b9-7+. The number of methoxy groups -OCH3 is 1. The van der Waals surface area contributed by atoms with Crippen molar-refractivity contribution in [3.05, 3.63) is 45.1 Å². The molecular weight excluding hydrogens is 194 g/mol. The van der Waals surface area contributed by atoms with Gasteiger partial charge in [-0.25, -0.2) is 0 Å². The Labute approximate surface area is 88.3 Å². The molecule has 0 bridgehead atoms. The van der Waals surface area contributed by atoms with Crippen molar-refractivity contribution in [3.8, 4) is 5.75 Å². The minimum atomic E-state index is -0.403. The minimum Gasteiger partial charge on any atom is -0.496 e. The van der Waals surface area contributed by atoms with E-state index in [1.807, 2.05) is 13.0 Å². The summed E-state index contributed by atoms with van der Waals surface area (Å²) in [5.74, 6) is 0.783. The van der Waals surface area contributed by atoms with E-state index >= 15 is 0 Å². The van der Waals surface area contributed by atoms with Gasteiger partial charge in [-0.3, -0.25) is 10.1 Å². The molecule has 0 saturated carbocycles. The van der Waals surface area contributed by atoms with Crippen LogP contribution in [-0.4, -0.2) is 12.0 Å². The van der Waals surface area contributed by atoms with Gasteiger partial charge in [0.15, 0.2) is 0 Å². The third kappa shape index (κ3) is 2.80. The van der Waals surface area contributed by atoms with E-state index in [9.17, 15) is 10.1 Å². The number of benzene rings is 1. The van der Waals surface area contributed by atoms with Crippen LogP contribution in [0.3, 0.4) is 0 Å². The third-order valence-corrected chi connectivity index (χ3v) is 2.08. The topological polar surface area (TPSA) is 52.4 Å². The van der Waals surface area contributed by atoms with Crippen molar-refractivity contribution in [3.63, 3.8) is 0 Å². The van der Waals surface area contributed by atoms with Crippen LogP contribution >= 0.6 is 0 Å². The number of nitrogens with zero attached hydrogens (tertiary/aromatic N) is 1. The van der Waals surface area contributed by atoms with Crippen molar-refractivity contribution >= 4 is 6.08 Å². The molecule has 80 valence electrons. The first kappa shape index (κ1) is 11.2. The van der Waals surface area contributed by atoms with Crippen LogP contribution in [0, 0.1) is 17.0 Å². The lowest BCUT2D eigenvalue weighted by Crippen LogP contribution is -1.93. The number of allylic oxidation sites excluding steroid dienone is 1. The Kier molecular flexibility index (Phi) is 3.44. The van der Waals surface area contributed by atoms with Gasteiger partial charge in [-0.05, 0) is 30.2 Å². The number of nitro groups is 1. The van der Waals surface area contributed by atoms with Crippen LogP contribution in [0.5, 0.6) is 5.75 Å². The molecule has 0 aliphatic rings. The molecule has 0 unspecified atom stereocenters. The van der Waals surface area contributed by atoms with Crippen LogP contribution in [0.4, 0.5) is 0 Å². The molecule has 0 saturated heterocycles. The third-order valence-electron chi connectivity index (χ3n) is 2.08. The average molecular weight is 207 g/mol. The van der Waals surface area contributed by atoms with Crippen molar-refractivity contribution in [2.75, 3.05) is 7.11 Å². The summed E-state index contributed by atoms with van der Waals surface area (Å²) in [6, 6.07) is 5.44. The Bertz CT molecular complexity index is 410. The largest absolute Gasteiger partial charge is 0.496 e. The van der Waals surface area contributed by atoms with Gasteiger partial charge >= 0.3 is 0 Å². The molecule has 0 fully saturated rings. The SMILES string of the molecule is COc1ccc(/C=C(\C)[N+](=O)[O-])cc1C. The monoisotopic (exact) mass is 207 g/mol. The zero-order valence-electron chi connectivity index (χ0n) is 8.98. The first-order chi connectivity index (χ1) is 7.04. The zero-order valence-corrected chi connectivity index (χ0v) is 8.98. The van der Waals surface area contributed by atoms with Crippen LogP contribution in [-0.2, 0) is 0 Å². The van der Waals surface area contributed by atoms with Gasteiger partial charge in [0.1, 0.15) is 5.75 Å². The lowest BCUT2D eigenvalue weighted by Gasteiger charge is -2.04. The fourth-order valence-corrected chi connectivity index (χ4v) is 1.29. The molecule has 4 heteroatoms. The van der Waals surface area contributed by atoms with Gasteiger partial charge in [0.25, 0.3) is 0 Å². The molecule has 0 spiro atoms. The molecule has 0 N–H and O–H groups in total. The van der Waals surface area contributed by atoms with E-state index in [2.05, 4.69) is 0 Å². The highest BCUT2D eigenvalue weighted by molar-refractivity contribution is 5.54. The number of aryl methyl sites for hydroxylation is 1. The van der Waals surface area contributed by atoms with Gasteiger partial charge in [-0.2, -0.15) is 0 Å². The summed E-state index contributed by atoms with van der Waals surface area (Å²) in [5.41, 5.74) is 1.89. The lowest BCUT2D eigenvalue weighted by atomic mass is 10.1. The minimum absolute atomic E-state index is 0.125. The van der Waals surface area contributed by atoms with Crippen LogP contribution in [0.25, 0.3) is 6.08 Å². The van der Waals surface area contributed by atoms with Crippen molar-refractivity contribution in [1.82, 2.24) is 0 Å². The highest BCUT2D eigenvalue weighted by Gasteiger charge is 2.03. The molecule has 0 amide bonds. The van der Waals surface area contributed by atoms with E-state index in [1.165, 1.54) is 13.0 Å². The van der Waals surface area contributed by atoms with Gasteiger partial charge < -0.3 is 4.74 Å². The van der Waals surface area contributed by atoms with E-state index in [0.717, 1.165) is 16.9 Å². The maximum atomic E-state index is 10.4. The Morgan fingerprint density at radius 3 is 2.67 bits per heavy atom. The Balaban J connectivity index is 3.03. The van der Waals surface area contributed by atoms with E-state index in [0.29, 0.717) is 0 Å². The Morgan fingerprint density at radius 2 is 2.20 bits per heavy atom. The Hall–Kier alpha value is -1.84. The van der Waals surface area contributed by atoms with E-state index in [4.69, 9.17) is 4.74 Å². The molecular formula is C11H13NO3.